The lowest BCUT2D eigenvalue weighted by Crippen LogP contribution is -2.55. The summed E-state index contributed by atoms with van der Waals surface area (Å²) in [7, 11) is 0. The summed E-state index contributed by atoms with van der Waals surface area (Å²) in [6.07, 6.45) is -0.235. The molecule has 1 aliphatic heterocycles. The number of carbonyl (C=O) groups is 1. The van der Waals surface area contributed by atoms with Crippen LogP contribution in [0.4, 0.5) is 10.5 Å². The molecule has 1 aromatic rings. The molecule has 1 unspecified atom stereocenters. The number of rotatable bonds is 1. The van der Waals surface area contributed by atoms with Crippen LogP contribution in [0.2, 0.25) is 5.02 Å². The van der Waals surface area contributed by atoms with Crippen LogP contribution in [0.5, 0.6) is 0 Å². The van der Waals surface area contributed by atoms with Gasteiger partial charge in [-0.1, -0.05) is 17.7 Å². The summed E-state index contributed by atoms with van der Waals surface area (Å²) < 4.78 is 5.46. The monoisotopic (exact) mass is 310 g/mol. The maximum absolute atomic E-state index is 12.2. The first-order chi connectivity index (χ1) is 9.76. The Morgan fingerprint density at radius 3 is 2.62 bits per heavy atom. The first-order valence-corrected chi connectivity index (χ1v) is 7.64. The largest absolute Gasteiger partial charge is 0.444 e. The van der Waals surface area contributed by atoms with Gasteiger partial charge < -0.3 is 14.5 Å². The van der Waals surface area contributed by atoms with Gasteiger partial charge in [0, 0.05) is 36.4 Å². The Bertz CT molecular complexity index is 513. The Morgan fingerprint density at radius 1 is 1.33 bits per heavy atom. The maximum Gasteiger partial charge on any atom is 0.410 e. The SMILES string of the molecule is CC1CN(c2cccc(Cl)c2)CCN1C(=O)OC(C)(C)C. The fourth-order valence-electron chi connectivity index (χ4n) is 2.46. The quantitative estimate of drug-likeness (QED) is 0.791. The minimum absolute atomic E-state index is 0.104. The van der Waals surface area contributed by atoms with E-state index in [-0.39, 0.29) is 12.1 Å². The zero-order valence-electron chi connectivity index (χ0n) is 13.1. The average Bonchev–Trinajstić information content (AvgIpc) is 2.36. The summed E-state index contributed by atoms with van der Waals surface area (Å²) >= 11 is 6.04. The molecular weight excluding hydrogens is 288 g/mol. The van der Waals surface area contributed by atoms with Crippen molar-refractivity contribution >= 4 is 23.4 Å². The number of hydrogen-bond acceptors (Lipinski definition) is 3. The highest BCUT2D eigenvalue weighted by molar-refractivity contribution is 6.30. The van der Waals surface area contributed by atoms with E-state index in [0.29, 0.717) is 6.54 Å². The number of carbonyl (C=O) groups excluding carboxylic acids is 1. The van der Waals surface area contributed by atoms with E-state index < -0.39 is 5.60 Å². The van der Waals surface area contributed by atoms with Crippen LogP contribution in [-0.2, 0) is 4.74 Å². The Morgan fingerprint density at radius 2 is 2.05 bits per heavy atom. The zero-order valence-corrected chi connectivity index (χ0v) is 13.9. The molecular formula is C16H23ClN2O2. The van der Waals surface area contributed by atoms with Crippen molar-refractivity contribution < 1.29 is 9.53 Å². The smallest absolute Gasteiger partial charge is 0.410 e. The van der Waals surface area contributed by atoms with Crippen LogP contribution in [-0.4, -0.2) is 42.3 Å². The van der Waals surface area contributed by atoms with Crippen molar-refractivity contribution in [3.05, 3.63) is 29.3 Å². The van der Waals surface area contributed by atoms with E-state index in [0.717, 1.165) is 23.8 Å². The minimum atomic E-state index is -0.457. The summed E-state index contributed by atoms with van der Waals surface area (Å²) in [5, 5.41) is 0.731. The molecule has 2 rings (SSSR count). The van der Waals surface area contributed by atoms with Gasteiger partial charge in [-0.15, -0.1) is 0 Å². The van der Waals surface area contributed by atoms with Gasteiger partial charge in [0.05, 0.1) is 0 Å². The van der Waals surface area contributed by atoms with Crippen molar-refractivity contribution in [2.75, 3.05) is 24.5 Å². The number of amides is 1. The molecule has 4 nitrogen and oxygen atoms in total. The van der Waals surface area contributed by atoms with E-state index in [9.17, 15) is 4.79 Å². The third-order valence-corrected chi connectivity index (χ3v) is 3.66. The van der Waals surface area contributed by atoms with Crippen LogP contribution in [0.25, 0.3) is 0 Å². The molecule has 0 bridgehead atoms. The molecule has 1 amide bonds. The van der Waals surface area contributed by atoms with Gasteiger partial charge >= 0.3 is 6.09 Å². The molecule has 21 heavy (non-hydrogen) atoms. The van der Waals surface area contributed by atoms with Crippen molar-refractivity contribution in [1.29, 1.82) is 0 Å². The minimum Gasteiger partial charge on any atom is -0.444 e. The molecule has 0 aromatic heterocycles. The van der Waals surface area contributed by atoms with Crippen LogP contribution in [0.3, 0.4) is 0 Å². The molecule has 1 atom stereocenters. The summed E-state index contributed by atoms with van der Waals surface area (Å²) in [6, 6.07) is 7.92. The van der Waals surface area contributed by atoms with Crippen LogP contribution >= 0.6 is 11.6 Å². The standard InChI is InChI=1S/C16H23ClN2O2/c1-12-11-18(14-7-5-6-13(17)10-14)8-9-19(12)15(20)21-16(2,3)4/h5-7,10,12H,8-9,11H2,1-4H3. The van der Waals surface area contributed by atoms with Crippen molar-refractivity contribution in [3.63, 3.8) is 0 Å². The van der Waals surface area contributed by atoms with Gasteiger partial charge in [-0.05, 0) is 45.9 Å². The van der Waals surface area contributed by atoms with E-state index in [1.54, 1.807) is 4.90 Å². The van der Waals surface area contributed by atoms with Crippen molar-refractivity contribution in [2.24, 2.45) is 0 Å². The zero-order chi connectivity index (χ0) is 15.6. The predicted molar refractivity (Wildman–Crippen MR) is 86.1 cm³/mol. The summed E-state index contributed by atoms with van der Waals surface area (Å²) in [4.78, 5) is 16.2. The lowest BCUT2D eigenvalue weighted by molar-refractivity contribution is 0.0159. The van der Waals surface area contributed by atoms with Gasteiger partial charge in [-0.3, -0.25) is 0 Å². The second-order valence-electron chi connectivity index (χ2n) is 6.45. The fraction of sp³-hybridized carbons (Fsp3) is 0.562. The predicted octanol–water partition coefficient (Wildman–Crippen LogP) is 3.79. The Labute approximate surface area is 131 Å². The van der Waals surface area contributed by atoms with Crippen molar-refractivity contribution in [2.45, 2.75) is 39.3 Å². The number of hydrogen-bond donors (Lipinski definition) is 0. The molecule has 0 radical (unpaired) electrons. The third kappa shape index (κ3) is 4.27. The molecule has 5 heteroatoms. The van der Waals surface area contributed by atoms with Gasteiger partial charge in [-0.25, -0.2) is 4.79 Å². The molecule has 1 fully saturated rings. The highest BCUT2D eigenvalue weighted by Crippen LogP contribution is 2.23. The van der Waals surface area contributed by atoms with Crippen LogP contribution in [0, 0.1) is 0 Å². The normalized spacial score (nSPS) is 19.6. The lowest BCUT2D eigenvalue weighted by atomic mass is 10.1. The van der Waals surface area contributed by atoms with Crippen LogP contribution < -0.4 is 4.90 Å². The number of ether oxygens (including phenoxy) is 1. The summed E-state index contributed by atoms with van der Waals surface area (Å²) in [6.45, 7) is 9.92. The molecule has 116 valence electrons. The molecule has 1 aliphatic rings. The molecule has 0 N–H and O–H groups in total. The molecule has 1 saturated heterocycles. The first-order valence-electron chi connectivity index (χ1n) is 7.26. The van der Waals surface area contributed by atoms with Crippen LogP contribution in [0.1, 0.15) is 27.7 Å². The average molecular weight is 311 g/mol. The fourth-order valence-corrected chi connectivity index (χ4v) is 2.64. The summed E-state index contributed by atoms with van der Waals surface area (Å²) in [5.74, 6) is 0. The number of nitrogens with zero attached hydrogens (tertiary/aromatic N) is 2. The van der Waals surface area contributed by atoms with Crippen LogP contribution in [0.15, 0.2) is 24.3 Å². The van der Waals surface area contributed by atoms with Gasteiger partial charge in [-0.2, -0.15) is 0 Å². The van der Waals surface area contributed by atoms with Gasteiger partial charge in [0.15, 0.2) is 0 Å². The second kappa shape index (κ2) is 6.14. The molecule has 0 spiro atoms. The molecule has 1 heterocycles. The number of halogens is 1. The van der Waals surface area contributed by atoms with E-state index >= 15 is 0 Å². The number of anilines is 1. The molecule has 0 aliphatic carbocycles. The number of benzene rings is 1. The maximum atomic E-state index is 12.2. The Balaban J connectivity index is 2.01. The van der Waals surface area contributed by atoms with E-state index in [1.807, 2.05) is 52.0 Å². The Kier molecular flexibility index (Phi) is 4.67. The number of piperazine rings is 1. The molecule has 0 saturated carbocycles. The van der Waals surface area contributed by atoms with E-state index in [1.165, 1.54) is 0 Å². The van der Waals surface area contributed by atoms with E-state index in [4.69, 9.17) is 16.3 Å². The topological polar surface area (TPSA) is 32.8 Å². The first kappa shape index (κ1) is 16.0. The van der Waals surface area contributed by atoms with Crippen molar-refractivity contribution in [1.82, 2.24) is 4.90 Å². The molecule has 1 aromatic carbocycles. The van der Waals surface area contributed by atoms with E-state index in [2.05, 4.69) is 4.90 Å². The highest BCUT2D eigenvalue weighted by Gasteiger charge is 2.30. The third-order valence-electron chi connectivity index (χ3n) is 3.43. The highest BCUT2D eigenvalue weighted by atomic mass is 35.5. The van der Waals surface area contributed by atoms with Gasteiger partial charge in [0.25, 0.3) is 0 Å². The summed E-state index contributed by atoms with van der Waals surface area (Å²) in [5.41, 5.74) is 0.638. The second-order valence-corrected chi connectivity index (χ2v) is 6.89. The lowest BCUT2D eigenvalue weighted by Gasteiger charge is -2.41. The van der Waals surface area contributed by atoms with Crippen molar-refractivity contribution in [3.8, 4) is 0 Å². The van der Waals surface area contributed by atoms with Gasteiger partial charge in [0.2, 0.25) is 0 Å². The Hall–Kier alpha value is -1.42. The van der Waals surface area contributed by atoms with Gasteiger partial charge in [0.1, 0.15) is 5.60 Å².